The van der Waals surface area contributed by atoms with E-state index in [1.54, 1.807) is 18.2 Å². The van der Waals surface area contributed by atoms with Crippen LogP contribution in [0, 0.1) is 17.0 Å². The van der Waals surface area contributed by atoms with Gasteiger partial charge in [0, 0.05) is 23.3 Å². The highest BCUT2D eigenvalue weighted by Crippen LogP contribution is 2.26. The average molecular weight is 356 g/mol. The zero-order valence-electron chi connectivity index (χ0n) is 10.7. The monoisotopic (exact) mass is 354 g/mol. The van der Waals surface area contributed by atoms with Gasteiger partial charge in [0.15, 0.2) is 0 Å². The molecule has 0 aliphatic carbocycles. The molecule has 2 rings (SSSR count). The smallest absolute Gasteiger partial charge is 0.283 e. The lowest BCUT2D eigenvalue weighted by Crippen LogP contribution is -2.02. The number of nitrogens with one attached hydrogen (secondary N) is 1. The Morgan fingerprint density at radius 1 is 1.30 bits per heavy atom. The van der Waals surface area contributed by atoms with Gasteiger partial charge in [-0.1, -0.05) is 17.7 Å². The molecule has 0 saturated carbocycles. The average Bonchev–Trinajstić information content (AvgIpc) is 2.39. The molecule has 0 radical (unpaired) electrons. The molecular weight excluding hydrogens is 344 g/mol. The van der Waals surface area contributed by atoms with Gasteiger partial charge in [-0.2, -0.15) is 0 Å². The number of nitro groups is 1. The third-order valence-corrected chi connectivity index (χ3v) is 3.78. The molecule has 0 saturated heterocycles. The molecule has 0 amide bonds. The molecule has 0 fully saturated rings. The first-order chi connectivity index (χ1) is 9.47. The molecule has 0 aromatic heterocycles. The van der Waals surface area contributed by atoms with Gasteiger partial charge >= 0.3 is 0 Å². The van der Waals surface area contributed by atoms with Crippen LogP contribution in [-0.4, -0.2) is 4.92 Å². The van der Waals surface area contributed by atoms with Gasteiger partial charge in [0.05, 0.1) is 9.40 Å². The minimum absolute atomic E-state index is 0.0668. The van der Waals surface area contributed by atoms with Crippen molar-refractivity contribution < 1.29 is 4.92 Å². The van der Waals surface area contributed by atoms with Crippen LogP contribution in [-0.2, 0) is 6.54 Å². The second kappa shape index (κ2) is 6.24. The van der Waals surface area contributed by atoms with Crippen LogP contribution < -0.4 is 5.32 Å². The Bertz CT molecular complexity index is 662. The first kappa shape index (κ1) is 14.8. The summed E-state index contributed by atoms with van der Waals surface area (Å²) >= 11 is 9.07. The van der Waals surface area contributed by atoms with E-state index in [-0.39, 0.29) is 5.69 Å². The zero-order chi connectivity index (χ0) is 14.7. The van der Waals surface area contributed by atoms with E-state index in [4.69, 9.17) is 11.6 Å². The van der Waals surface area contributed by atoms with Crippen molar-refractivity contribution in [2.24, 2.45) is 0 Å². The zero-order valence-corrected chi connectivity index (χ0v) is 13.0. The van der Waals surface area contributed by atoms with E-state index in [0.29, 0.717) is 16.0 Å². The Labute approximate surface area is 130 Å². The first-order valence-electron chi connectivity index (χ1n) is 5.90. The van der Waals surface area contributed by atoms with Gasteiger partial charge in [-0.3, -0.25) is 10.1 Å². The SMILES string of the molecule is Cc1cc(Cl)ccc1NCc1ccc(Br)c([N+](=O)[O-])c1. The van der Waals surface area contributed by atoms with Crippen molar-refractivity contribution in [3.05, 3.63) is 67.1 Å². The molecule has 6 heteroatoms. The molecule has 0 unspecified atom stereocenters. The van der Waals surface area contributed by atoms with Crippen LogP contribution in [0.15, 0.2) is 40.9 Å². The number of rotatable bonds is 4. The molecule has 0 aliphatic heterocycles. The van der Waals surface area contributed by atoms with E-state index >= 15 is 0 Å². The van der Waals surface area contributed by atoms with Crippen LogP contribution in [0.3, 0.4) is 0 Å². The summed E-state index contributed by atoms with van der Waals surface area (Å²) < 4.78 is 0.480. The summed E-state index contributed by atoms with van der Waals surface area (Å²) in [6.45, 7) is 2.47. The molecule has 20 heavy (non-hydrogen) atoms. The molecule has 1 N–H and O–H groups in total. The summed E-state index contributed by atoms with van der Waals surface area (Å²) in [7, 11) is 0. The van der Waals surface area contributed by atoms with Gasteiger partial charge in [0.2, 0.25) is 0 Å². The number of anilines is 1. The van der Waals surface area contributed by atoms with Gasteiger partial charge in [0.25, 0.3) is 5.69 Å². The summed E-state index contributed by atoms with van der Waals surface area (Å²) in [6.07, 6.45) is 0. The third-order valence-electron chi connectivity index (χ3n) is 2.88. The highest BCUT2D eigenvalue weighted by Gasteiger charge is 2.12. The van der Waals surface area contributed by atoms with Crippen molar-refractivity contribution in [3.8, 4) is 0 Å². The summed E-state index contributed by atoms with van der Waals surface area (Å²) in [4.78, 5) is 10.5. The Hall–Kier alpha value is -1.59. The summed E-state index contributed by atoms with van der Waals surface area (Å²) in [5.74, 6) is 0. The van der Waals surface area contributed by atoms with Crippen molar-refractivity contribution in [3.63, 3.8) is 0 Å². The number of hydrogen-bond acceptors (Lipinski definition) is 3. The third kappa shape index (κ3) is 3.49. The summed E-state index contributed by atoms with van der Waals surface area (Å²) in [6, 6.07) is 10.7. The fraction of sp³-hybridized carbons (Fsp3) is 0.143. The van der Waals surface area contributed by atoms with Crippen LogP contribution in [0.5, 0.6) is 0 Å². The molecule has 0 bridgehead atoms. The van der Waals surface area contributed by atoms with E-state index in [2.05, 4.69) is 21.2 Å². The standard InChI is InChI=1S/C14H12BrClN2O2/c1-9-6-11(16)3-5-13(9)17-8-10-2-4-12(15)14(7-10)18(19)20/h2-7,17H,8H2,1H3. The van der Waals surface area contributed by atoms with Crippen molar-refractivity contribution >= 4 is 38.9 Å². The predicted molar refractivity (Wildman–Crippen MR) is 84.3 cm³/mol. The number of benzene rings is 2. The Balaban J connectivity index is 2.15. The van der Waals surface area contributed by atoms with Gasteiger partial charge in [-0.25, -0.2) is 0 Å². The molecular formula is C14H12BrClN2O2. The molecule has 0 atom stereocenters. The van der Waals surface area contributed by atoms with E-state index in [1.165, 1.54) is 0 Å². The lowest BCUT2D eigenvalue weighted by molar-refractivity contribution is -0.385. The first-order valence-corrected chi connectivity index (χ1v) is 7.07. The van der Waals surface area contributed by atoms with Gasteiger partial charge in [-0.05, 0) is 58.2 Å². The normalized spacial score (nSPS) is 10.3. The molecule has 0 heterocycles. The van der Waals surface area contributed by atoms with Crippen LogP contribution in [0.4, 0.5) is 11.4 Å². The number of nitro benzene ring substituents is 1. The lowest BCUT2D eigenvalue weighted by atomic mass is 10.1. The largest absolute Gasteiger partial charge is 0.381 e. The van der Waals surface area contributed by atoms with Crippen LogP contribution >= 0.6 is 27.5 Å². The van der Waals surface area contributed by atoms with E-state index in [0.717, 1.165) is 16.8 Å². The maximum Gasteiger partial charge on any atom is 0.283 e. The van der Waals surface area contributed by atoms with Crippen LogP contribution in [0.1, 0.15) is 11.1 Å². The molecule has 4 nitrogen and oxygen atoms in total. The van der Waals surface area contributed by atoms with Crippen molar-refractivity contribution in [2.75, 3.05) is 5.32 Å². The second-order valence-electron chi connectivity index (χ2n) is 4.36. The quantitative estimate of drug-likeness (QED) is 0.625. The molecule has 2 aromatic rings. The van der Waals surface area contributed by atoms with Crippen molar-refractivity contribution in [2.45, 2.75) is 13.5 Å². The van der Waals surface area contributed by atoms with Gasteiger partial charge in [-0.15, -0.1) is 0 Å². The van der Waals surface area contributed by atoms with Crippen LogP contribution in [0.25, 0.3) is 0 Å². The van der Waals surface area contributed by atoms with E-state index < -0.39 is 4.92 Å². The second-order valence-corrected chi connectivity index (χ2v) is 5.65. The van der Waals surface area contributed by atoms with Crippen molar-refractivity contribution in [1.82, 2.24) is 0 Å². The Kier molecular flexibility index (Phi) is 4.62. The Morgan fingerprint density at radius 3 is 2.70 bits per heavy atom. The molecule has 0 aliphatic rings. The number of aryl methyl sites for hydroxylation is 1. The minimum Gasteiger partial charge on any atom is -0.381 e. The number of nitrogens with zero attached hydrogens (tertiary/aromatic N) is 1. The van der Waals surface area contributed by atoms with Crippen LogP contribution in [0.2, 0.25) is 5.02 Å². The molecule has 104 valence electrons. The lowest BCUT2D eigenvalue weighted by Gasteiger charge is -2.10. The highest BCUT2D eigenvalue weighted by molar-refractivity contribution is 9.10. The predicted octanol–water partition coefficient (Wildman–Crippen LogP) is 4.93. The maximum absolute atomic E-state index is 10.9. The fourth-order valence-electron chi connectivity index (χ4n) is 1.83. The number of hydrogen-bond donors (Lipinski definition) is 1. The maximum atomic E-state index is 10.9. The number of halogens is 2. The van der Waals surface area contributed by atoms with E-state index in [1.807, 2.05) is 25.1 Å². The topological polar surface area (TPSA) is 55.2 Å². The van der Waals surface area contributed by atoms with Gasteiger partial charge in [0.1, 0.15) is 0 Å². The molecule has 0 spiro atoms. The summed E-state index contributed by atoms with van der Waals surface area (Å²) in [5.41, 5.74) is 2.90. The minimum atomic E-state index is -0.402. The molecule has 2 aromatic carbocycles. The highest BCUT2D eigenvalue weighted by atomic mass is 79.9. The Morgan fingerprint density at radius 2 is 2.05 bits per heavy atom. The van der Waals surface area contributed by atoms with Crippen molar-refractivity contribution in [1.29, 1.82) is 0 Å². The fourth-order valence-corrected chi connectivity index (χ4v) is 2.45. The van der Waals surface area contributed by atoms with E-state index in [9.17, 15) is 10.1 Å². The van der Waals surface area contributed by atoms with Gasteiger partial charge < -0.3 is 5.32 Å². The summed E-state index contributed by atoms with van der Waals surface area (Å²) in [5, 5.41) is 14.8.